The van der Waals surface area contributed by atoms with Gasteiger partial charge in [0, 0.05) is 30.8 Å². The molecule has 4 aromatic rings. The summed E-state index contributed by atoms with van der Waals surface area (Å²) in [6.45, 7) is 0. The van der Waals surface area contributed by atoms with Crippen LogP contribution in [0.5, 0.6) is 0 Å². The van der Waals surface area contributed by atoms with E-state index < -0.39 is 20.7 Å². The van der Waals surface area contributed by atoms with E-state index in [1.807, 2.05) is 6.07 Å². The number of carbonyl (C=O) groups excluding carboxylic acids is 1. The van der Waals surface area contributed by atoms with Gasteiger partial charge in [-0.15, -0.1) is 11.3 Å². The van der Waals surface area contributed by atoms with Crippen molar-refractivity contribution in [2.45, 2.75) is 18.4 Å². The average molecular weight is 534 g/mol. The van der Waals surface area contributed by atoms with Gasteiger partial charge in [-0.05, 0) is 34.7 Å². The first-order valence-electron chi connectivity index (χ1n) is 10.1. The summed E-state index contributed by atoms with van der Waals surface area (Å²) in [6, 6.07) is 12.1. The maximum absolute atomic E-state index is 12.5. The molecule has 14 heteroatoms. The fourth-order valence-corrected chi connectivity index (χ4v) is 6.33. The largest absolute Gasteiger partial charge is 0.360 e. The zero-order chi connectivity index (χ0) is 25.2. The van der Waals surface area contributed by atoms with E-state index in [1.54, 1.807) is 54.2 Å². The summed E-state index contributed by atoms with van der Waals surface area (Å²) < 4.78 is 23.5. The highest BCUT2D eigenvalue weighted by Crippen LogP contribution is 2.59. The molecule has 0 bridgehead atoms. The van der Waals surface area contributed by atoms with Crippen LogP contribution in [0.4, 0.5) is 5.82 Å². The van der Waals surface area contributed by atoms with Crippen molar-refractivity contribution >= 4 is 48.3 Å². The molecule has 182 valence electrons. The molecule has 5 N–H and O–H groups in total. The Hall–Kier alpha value is -2.82. The number of ketones is 1. The number of thiophene rings is 1. The molecule has 0 radical (unpaired) electrons. The molecule has 35 heavy (non-hydrogen) atoms. The molecule has 0 unspecified atom stereocenters. The highest BCUT2D eigenvalue weighted by Gasteiger charge is 2.44. The number of nitrogens with zero attached hydrogens (tertiary/aromatic N) is 3. The Kier molecular flexibility index (Phi) is 7.25. The van der Waals surface area contributed by atoms with E-state index in [4.69, 9.17) is 0 Å². The average Bonchev–Trinajstić information content (AvgIpc) is 3.25. The normalized spacial score (nSPS) is 12.3. The minimum atomic E-state index is -5.24. The number of carbonyl (C=O) groups is 1. The zero-order valence-electron chi connectivity index (χ0n) is 17.9. The highest BCUT2D eigenvalue weighted by molar-refractivity contribution is 7.71. The molecule has 0 atom stereocenters. The molecule has 0 aliphatic heterocycles. The van der Waals surface area contributed by atoms with Crippen LogP contribution in [0.25, 0.3) is 21.6 Å². The minimum Gasteiger partial charge on any atom is -0.346 e. The molecule has 0 saturated heterocycles. The zero-order valence-corrected chi connectivity index (χ0v) is 20.5. The topological polar surface area (TPSA) is 183 Å². The fraction of sp³-hybridized carbons (Fsp3) is 0.143. The lowest BCUT2D eigenvalue weighted by atomic mass is 10.0. The first-order chi connectivity index (χ1) is 16.5. The predicted octanol–water partition coefficient (Wildman–Crippen LogP) is 3.16. The number of pyridine rings is 1. The number of fused-ring (bicyclic) bond motifs is 1. The van der Waals surface area contributed by atoms with Crippen LogP contribution < -0.4 is 5.32 Å². The maximum Gasteiger partial charge on any atom is 0.360 e. The fourth-order valence-electron chi connectivity index (χ4n) is 3.42. The summed E-state index contributed by atoms with van der Waals surface area (Å²) in [5, 5.41) is 4.27. The van der Waals surface area contributed by atoms with Crippen LogP contribution in [0.15, 0.2) is 60.2 Å². The molecule has 0 fully saturated rings. The van der Waals surface area contributed by atoms with E-state index in [0.29, 0.717) is 21.3 Å². The molecular weight excluding hydrogens is 514 g/mol. The van der Waals surface area contributed by atoms with Crippen LogP contribution in [0, 0.1) is 0 Å². The van der Waals surface area contributed by atoms with Gasteiger partial charge in [-0.3, -0.25) is 18.9 Å². The second-order valence-electron chi connectivity index (χ2n) is 7.69. The number of Topliss-reactive ketones (excluding diaryl/α,β-unsaturated/α-hetero) is 1. The van der Waals surface area contributed by atoms with E-state index in [2.05, 4.69) is 20.3 Å². The number of aromatic nitrogens is 3. The second kappa shape index (κ2) is 10.0. The van der Waals surface area contributed by atoms with Gasteiger partial charge >= 0.3 is 15.2 Å². The van der Waals surface area contributed by atoms with Crippen molar-refractivity contribution < 1.29 is 33.5 Å². The Labute approximate surface area is 203 Å². The lowest BCUT2D eigenvalue weighted by Crippen LogP contribution is -2.21. The number of nitrogens with one attached hydrogen (secondary N) is 1. The third-order valence-corrected chi connectivity index (χ3v) is 9.08. The van der Waals surface area contributed by atoms with Crippen LogP contribution in [-0.4, -0.2) is 45.8 Å². The SMILES string of the molecule is O=C(Cc1cccnc1)Cc1cccc(-c2nc(NC(P(=O)(O)O)P(=O)(O)O)c3ccsc3n2)c1. The van der Waals surface area contributed by atoms with E-state index in [9.17, 15) is 33.5 Å². The van der Waals surface area contributed by atoms with Crippen molar-refractivity contribution in [1.29, 1.82) is 0 Å². The number of anilines is 1. The molecule has 4 rings (SSSR count). The number of benzene rings is 1. The van der Waals surface area contributed by atoms with Gasteiger partial charge in [0.2, 0.25) is 5.52 Å². The molecule has 0 aliphatic carbocycles. The lowest BCUT2D eigenvalue weighted by molar-refractivity contribution is -0.117. The monoisotopic (exact) mass is 534 g/mol. The third kappa shape index (κ3) is 6.25. The van der Waals surface area contributed by atoms with Gasteiger partial charge in [-0.2, -0.15) is 0 Å². The van der Waals surface area contributed by atoms with Crippen LogP contribution in [0.3, 0.4) is 0 Å². The predicted molar refractivity (Wildman–Crippen MR) is 131 cm³/mol. The van der Waals surface area contributed by atoms with Crippen molar-refractivity contribution in [2.75, 3.05) is 5.32 Å². The Morgan fingerprint density at radius 2 is 1.69 bits per heavy atom. The van der Waals surface area contributed by atoms with Gasteiger partial charge in [-0.25, -0.2) is 9.97 Å². The molecule has 1 aromatic carbocycles. The molecule has 11 nitrogen and oxygen atoms in total. The van der Waals surface area contributed by atoms with Crippen LogP contribution in [-0.2, 0) is 26.8 Å². The number of hydrogen-bond acceptors (Lipinski definition) is 8. The minimum absolute atomic E-state index is 0.0155. The van der Waals surface area contributed by atoms with Crippen LogP contribution in [0.1, 0.15) is 11.1 Å². The summed E-state index contributed by atoms with van der Waals surface area (Å²) in [4.78, 5) is 63.7. The number of rotatable bonds is 9. The Morgan fingerprint density at radius 3 is 2.37 bits per heavy atom. The smallest absolute Gasteiger partial charge is 0.346 e. The van der Waals surface area contributed by atoms with E-state index in [0.717, 1.165) is 5.56 Å². The van der Waals surface area contributed by atoms with Gasteiger partial charge in [0.1, 0.15) is 16.4 Å². The molecule has 0 spiro atoms. The van der Waals surface area contributed by atoms with Crippen molar-refractivity contribution in [3.05, 3.63) is 71.4 Å². The second-order valence-corrected chi connectivity index (χ2v) is 12.4. The Bertz CT molecular complexity index is 1450. The Balaban J connectivity index is 1.65. The summed E-state index contributed by atoms with van der Waals surface area (Å²) in [7, 11) is -10.5. The maximum atomic E-state index is 12.5. The molecule has 0 amide bonds. The molecule has 3 heterocycles. The van der Waals surface area contributed by atoms with Crippen molar-refractivity contribution in [3.63, 3.8) is 0 Å². The molecule has 0 aliphatic rings. The summed E-state index contributed by atoms with van der Waals surface area (Å²) in [5.41, 5.74) is -0.416. The summed E-state index contributed by atoms with van der Waals surface area (Å²) >= 11 is 1.23. The van der Waals surface area contributed by atoms with E-state index in [-0.39, 0.29) is 30.3 Å². The first-order valence-corrected chi connectivity index (χ1v) is 14.4. The molecular formula is C21H20N4O7P2S. The highest BCUT2D eigenvalue weighted by atomic mass is 32.1. The van der Waals surface area contributed by atoms with Crippen LogP contribution in [0.2, 0.25) is 0 Å². The lowest BCUT2D eigenvalue weighted by Gasteiger charge is -2.21. The van der Waals surface area contributed by atoms with Crippen LogP contribution >= 0.6 is 26.5 Å². The van der Waals surface area contributed by atoms with Gasteiger partial charge in [0.25, 0.3) is 0 Å². The quantitative estimate of drug-likeness (QED) is 0.199. The number of hydrogen-bond donors (Lipinski definition) is 5. The summed E-state index contributed by atoms with van der Waals surface area (Å²) in [5.74, 6) is 0.0263. The summed E-state index contributed by atoms with van der Waals surface area (Å²) in [6.07, 6.45) is 3.66. The Morgan fingerprint density at radius 1 is 0.971 bits per heavy atom. The third-order valence-electron chi connectivity index (χ3n) is 4.94. The van der Waals surface area contributed by atoms with Crippen molar-refractivity contribution in [3.8, 4) is 11.4 Å². The van der Waals surface area contributed by atoms with Gasteiger partial charge in [0.15, 0.2) is 5.82 Å². The van der Waals surface area contributed by atoms with Gasteiger partial charge < -0.3 is 24.9 Å². The molecule has 0 saturated carbocycles. The molecule has 3 aromatic heterocycles. The van der Waals surface area contributed by atoms with Gasteiger partial charge in [0.05, 0.1) is 5.39 Å². The van der Waals surface area contributed by atoms with E-state index >= 15 is 0 Å². The van der Waals surface area contributed by atoms with E-state index in [1.165, 1.54) is 11.3 Å². The van der Waals surface area contributed by atoms with Crippen molar-refractivity contribution in [1.82, 2.24) is 15.0 Å². The van der Waals surface area contributed by atoms with Crippen molar-refractivity contribution in [2.24, 2.45) is 0 Å². The standard InChI is InChI=1S/C21H20N4O7P2S/c26-16(11-14-4-2-7-22-12-14)10-13-3-1-5-15(9-13)18-23-19(17-6-8-35-20(17)24-18)25-21(33(27,28)29)34(30,31)32/h1-9,12,21H,10-11H2,(H,23,24,25)(H2,27,28,29)(H2,30,31,32). The first kappa shape index (κ1) is 25.3. The van der Waals surface area contributed by atoms with Gasteiger partial charge in [-0.1, -0.05) is 24.3 Å².